The number of methoxy groups -OCH3 is 1. The Labute approximate surface area is 129 Å². The van der Waals surface area contributed by atoms with E-state index in [0.29, 0.717) is 25.2 Å². The van der Waals surface area contributed by atoms with Gasteiger partial charge in [-0.15, -0.1) is 0 Å². The van der Waals surface area contributed by atoms with Crippen LogP contribution in [0.5, 0.6) is 5.75 Å². The fourth-order valence-corrected chi connectivity index (χ4v) is 2.70. The number of ether oxygens (including phenoxy) is 3. The van der Waals surface area contributed by atoms with Crippen molar-refractivity contribution < 1.29 is 14.2 Å². The average molecular weight is 295 g/mol. The zero-order chi connectivity index (χ0) is 15.4. The zero-order valence-corrected chi connectivity index (χ0v) is 12.4. The minimum Gasteiger partial charge on any atom is -0.497 e. The van der Waals surface area contributed by atoms with E-state index in [1.165, 1.54) is 0 Å². The van der Waals surface area contributed by atoms with E-state index in [1.54, 1.807) is 7.11 Å². The molecule has 1 aliphatic rings. The summed E-state index contributed by atoms with van der Waals surface area (Å²) in [4.78, 5) is 0. The third-order valence-electron chi connectivity index (χ3n) is 3.84. The first-order chi connectivity index (χ1) is 10.8. The van der Waals surface area contributed by atoms with Gasteiger partial charge in [0.2, 0.25) is 0 Å². The molecule has 0 spiro atoms. The lowest BCUT2D eigenvalue weighted by atomic mass is 9.94. The van der Waals surface area contributed by atoms with E-state index in [0.717, 1.165) is 16.9 Å². The molecule has 0 aromatic heterocycles. The number of rotatable bonds is 4. The molecular weight excluding hydrogens is 278 g/mol. The zero-order valence-electron chi connectivity index (χ0n) is 12.4. The summed E-state index contributed by atoms with van der Waals surface area (Å²) in [6.07, 6.45) is 0.503. The van der Waals surface area contributed by atoms with Gasteiger partial charge in [0.05, 0.1) is 32.0 Å². The Morgan fingerprint density at radius 2 is 1.77 bits per heavy atom. The summed E-state index contributed by atoms with van der Waals surface area (Å²) in [5, 5.41) is 9.27. The van der Waals surface area contributed by atoms with Gasteiger partial charge in [-0.2, -0.15) is 5.26 Å². The molecule has 0 atom stereocenters. The smallest absolute Gasteiger partial charge is 0.199 e. The Morgan fingerprint density at radius 1 is 1.09 bits per heavy atom. The molecule has 0 amide bonds. The third-order valence-corrected chi connectivity index (χ3v) is 3.84. The largest absolute Gasteiger partial charge is 0.497 e. The molecule has 0 saturated carbocycles. The lowest BCUT2D eigenvalue weighted by Gasteiger charge is -2.28. The molecule has 0 unspecified atom stereocenters. The van der Waals surface area contributed by atoms with Crippen LogP contribution in [0.3, 0.4) is 0 Å². The Kier molecular flexibility index (Phi) is 4.10. The predicted molar refractivity (Wildman–Crippen MR) is 81.4 cm³/mol. The Bertz CT molecular complexity index is 682. The summed E-state index contributed by atoms with van der Waals surface area (Å²) in [5.74, 6) is -0.0477. The molecular formula is C18H17NO3. The molecule has 1 saturated heterocycles. The first-order valence-electron chi connectivity index (χ1n) is 7.18. The van der Waals surface area contributed by atoms with Crippen LogP contribution < -0.4 is 4.74 Å². The van der Waals surface area contributed by atoms with E-state index in [9.17, 15) is 5.26 Å². The molecule has 1 fully saturated rings. The SMILES string of the molecule is COc1ccc(C2(Cc3ccccc3C#N)OCCO2)cc1. The summed E-state index contributed by atoms with van der Waals surface area (Å²) >= 11 is 0. The third kappa shape index (κ3) is 2.69. The molecule has 0 aliphatic carbocycles. The maximum Gasteiger partial charge on any atom is 0.199 e. The predicted octanol–water partition coefficient (Wildman–Crippen LogP) is 3.01. The second kappa shape index (κ2) is 6.18. The molecule has 1 aliphatic heterocycles. The molecule has 2 aromatic carbocycles. The van der Waals surface area contributed by atoms with Crippen molar-refractivity contribution in [2.24, 2.45) is 0 Å². The van der Waals surface area contributed by atoms with Gasteiger partial charge in [-0.05, 0) is 35.9 Å². The maximum absolute atomic E-state index is 9.27. The standard InChI is InChI=1S/C18H17NO3/c1-20-17-8-6-16(7-9-17)18(21-10-11-22-18)12-14-4-2-3-5-15(14)13-19/h2-9H,10-12H2,1H3. The normalized spacial score (nSPS) is 16.2. The van der Waals surface area contributed by atoms with E-state index < -0.39 is 5.79 Å². The molecule has 3 rings (SSSR count). The number of benzene rings is 2. The topological polar surface area (TPSA) is 51.5 Å². The van der Waals surface area contributed by atoms with Crippen LogP contribution in [0.15, 0.2) is 48.5 Å². The molecule has 2 aromatic rings. The van der Waals surface area contributed by atoms with Crippen LogP contribution in [0, 0.1) is 11.3 Å². The summed E-state index contributed by atoms with van der Waals surface area (Å²) in [6, 6.07) is 17.4. The van der Waals surface area contributed by atoms with Crippen molar-refractivity contribution in [1.82, 2.24) is 0 Å². The van der Waals surface area contributed by atoms with E-state index in [2.05, 4.69) is 6.07 Å². The molecule has 0 radical (unpaired) electrons. The highest BCUT2D eigenvalue weighted by Crippen LogP contribution is 2.36. The van der Waals surface area contributed by atoms with Crippen molar-refractivity contribution in [3.05, 3.63) is 65.2 Å². The monoisotopic (exact) mass is 295 g/mol. The second-order valence-corrected chi connectivity index (χ2v) is 5.12. The number of nitrogens with zero attached hydrogens (tertiary/aromatic N) is 1. The van der Waals surface area contributed by atoms with E-state index >= 15 is 0 Å². The van der Waals surface area contributed by atoms with Crippen LogP contribution in [-0.4, -0.2) is 20.3 Å². The Morgan fingerprint density at radius 3 is 2.41 bits per heavy atom. The lowest BCUT2D eigenvalue weighted by Crippen LogP contribution is -2.30. The molecule has 4 nitrogen and oxygen atoms in total. The quantitative estimate of drug-likeness (QED) is 0.870. The highest BCUT2D eigenvalue weighted by Gasteiger charge is 2.39. The van der Waals surface area contributed by atoms with Crippen LogP contribution in [0.2, 0.25) is 0 Å². The van der Waals surface area contributed by atoms with Gasteiger partial charge in [0.25, 0.3) is 0 Å². The first kappa shape index (κ1) is 14.6. The van der Waals surface area contributed by atoms with Gasteiger partial charge in [-0.1, -0.05) is 18.2 Å². The van der Waals surface area contributed by atoms with Crippen molar-refractivity contribution in [2.45, 2.75) is 12.2 Å². The Balaban J connectivity index is 1.96. The van der Waals surface area contributed by atoms with Gasteiger partial charge in [0, 0.05) is 12.0 Å². The van der Waals surface area contributed by atoms with E-state index in [-0.39, 0.29) is 0 Å². The average Bonchev–Trinajstić information content (AvgIpc) is 3.05. The second-order valence-electron chi connectivity index (χ2n) is 5.12. The molecule has 1 heterocycles. The van der Waals surface area contributed by atoms with Gasteiger partial charge >= 0.3 is 0 Å². The van der Waals surface area contributed by atoms with Crippen molar-refractivity contribution >= 4 is 0 Å². The molecule has 4 heteroatoms. The number of nitriles is 1. The van der Waals surface area contributed by atoms with Crippen LogP contribution in [-0.2, 0) is 21.7 Å². The van der Waals surface area contributed by atoms with Crippen LogP contribution in [0.4, 0.5) is 0 Å². The van der Waals surface area contributed by atoms with Gasteiger partial charge in [-0.3, -0.25) is 0 Å². The summed E-state index contributed by atoms with van der Waals surface area (Å²) in [6.45, 7) is 1.08. The summed E-state index contributed by atoms with van der Waals surface area (Å²) in [5.41, 5.74) is 2.50. The Hall–Kier alpha value is -2.35. The van der Waals surface area contributed by atoms with Crippen LogP contribution in [0.1, 0.15) is 16.7 Å². The highest BCUT2D eigenvalue weighted by molar-refractivity contribution is 5.39. The molecule has 0 N–H and O–H groups in total. The van der Waals surface area contributed by atoms with Gasteiger partial charge < -0.3 is 14.2 Å². The minimum atomic E-state index is -0.834. The lowest BCUT2D eigenvalue weighted by molar-refractivity contribution is -0.164. The van der Waals surface area contributed by atoms with Gasteiger partial charge in [-0.25, -0.2) is 0 Å². The van der Waals surface area contributed by atoms with Crippen molar-refractivity contribution in [3.63, 3.8) is 0 Å². The first-order valence-corrected chi connectivity index (χ1v) is 7.18. The summed E-state index contributed by atoms with van der Waals surface area (Å²) < 4.78 is 17.1. The van der Waals surface area contributed by atoms with Crippen LogP contribution >= 0.6 is 0 Å². The van der Waals surface area contributed by atoms with Crippen LogP contribution in [0.25, 0.3) is 0 Å². The fourth-order valence-electron chi connectivity index (χ4n) is 2.70. The van der Waals surface area contributed by atoms with E-state index in [4.69, 9.17) is 14.2 Å². The molecule has 22 heavy (non-hydrogen) atoms. The molecule has 112 valence electrons. The highest BCUT2D eigenvalue weighted by atomic mass is 16.7. The van der Waals surface area contributed by atoms with E-state index in [1.807, 2.05) is 48.5 Å². The summed E-state index contributed by atoms with van der Waals surface area (Å²) in [7, 11) is 1.64. The number of hydrogen-bond acceptors (Lipinski definition) is 4. The minimum absolute atomic E-state index is 0.503. The number of hydrogen-bond donors (Lipinski definition) is 0. The van der Waals surface area contributed by atoms with Crippen molar-refractivity contribution in [1.29, 1.82) is 5.26 Å². The van der Waals surface area contributed by atoms with Gasteiger partial charge in [0.1, 0.15) is 5.75 Å². The van der Waals surface area contributed by atoms with Gasteiger partial charge in [0.15, 0.2) is 5.79 Å². The molecule has 0 bridgehead atoms. The van der Waals surface area contributed by atoms with Crippen molar-refractivity contribution in [3.8, 4) is 11.8 Å². The maximum atomic E-state index is 9.27. The fraction of sp³-hybridized carbons (Fsp3) is 0.278. The van der Waals surface area contributed by atoms with Crippen molar-refractivity contribution in [2.75, 3.05) is 20.3 Å².